The summed E-state index contributed by atoms with van der Waals surface area (Å²) >= 11 is 0. The van der Waals surface area contributed by atoms with Crippen molar-refractivity contribution in [1.29, 1.82) is 5.26 Å². The summed E-state index contributed by atoms with van der Waals surface area (Å²) < 4.78 is 24.4. The van der Waals surface area contributed by atoms with E-state index in [-0.39, 0.29) is 22.8 Å². The minimum absolute atomic E-state index is 0.0723. The minimum atomic E-state index is -3.56. The summed E-state index contributed by atoms with van der Waals surface area (Å²) in [6, 6.07) is 7.67. The molecular weight excluding hydrogens is 292 g/mol. The van der Waals surface area contributed by atoms with Crippen LogP contribution in [0.2, 0.25) is 0 Å². The van der Waals surface area contributed by atoms with Crippen LogP contribution in [-0.4, -0.2) is 49.3 Å². The molecule has 0 fully saturated rings. The van der Waals surface area contributed by atoms with Crippen LogP contribution in [0.4, 0.5) is 0 Å². The molecule has 1 N–H and O–H groups in total. The Balaban J connectivity index is 2.87. The van der Waals surface area contributed by atoms with Crippen LogP contribution in [0, 0.1) is 11.3 Å². The number of hydrogen-bond acceptors (Lipinski definition) is 5. The molecule has 0 unspecified atom stereocenters. The van der Waals surface area contributed by atoms with Crippen molar-refractivity contribution in [3.8, 4) is 6.07 Å². The third-order valence-electron chi connectivity index (χ3n) is 3.50. The molecule has 6 nitrogen and oxygen atoms in total. The fourth-order valence-corrected chi connectivity index (χ4v) is 2.92. The van der Waals surface area contributed by atoms with Crippen LogP contribution in [0.25, 0.3) is 0 Å². The maximum atomic E-state index is 12.2. The number of likely N-dealkylation sites (N-methyl/N-ethyl adjacent to an activating group) is 1. The van der Waals surface area contributed by atoms with Gasteiger partial charge in [-0.1, -0.05) is 6.07 Å². The van der Waals surface area contributed by atoms with Crippen molar-refractivity contribution in [2.24, 2.45) is 0 Å². The topological polar surface area (TPSA) is 98.5 Å². The Kier molecular flexibility index (Phi) is 5.10. The lowest BCUT2D eigenvalue weighted by Gasteiger charge is -2.31. The van der Waals surface area contributed by atoms with E-state index >= 15 is 0 Å². The van der Waals surface area contributed by atoms with E-state index in [4.69, 9.17) is 10.4 Å². The number of carbonyl (C=O) groups is 1. The summed E-state index contributed by atoms with van der Waals surface area (Å²) in [5.41, 5.74) is -0.875. The first-order valence-electron chi connectivity index (χ1n) is 6.29. The van der Waals surface area contributed by atoms with Crippen LogP contribution < -0.4 is 0 Å². The molecule has 0 bridgehead atoms. The molecule has 0 spiro atoms. The van der Waals surface area contributed by atoms with Gasteiger partial charge >= 0.3 is 5.97 Å². The molecule has 0 aliphatic heterocycles. The fourth-order valence-electron chi connectivity index (χ4n) is 1.58. The van der Waals surface area contributed by atoms with E-state index < -0.39 is 21.3 Å². The maximum absolute atomic E-state index is 12.2. The Labute approximate surface area is 124 Å². The summed E-state index contributed by atoms with van der Waals surface area (Å²) in [7, 11) is -1.99. The highest BCUT2D eigenvalue weighted by Crippen LogP contribution is 2.16. The molecule has 0 aromatic heterocycles. The van der Waals surface area contributed by atoms with Crippen molar-refractivity contribution in [1.82, 2.24) is 4.90 Å². The van der Waals surface area contributed by atoms with Gasteiger partial charge in [0.25, 0.3) is 0 Å². The number of carboxylic acid groups (broad SMARTS) is 1. The quantitative estimate of drug-likeness (QED) is 0.845. The highest BCUT2D eigenvalue weighted by molar-refractivity contribution is 7.91. The van der Waals surface area contributed by atoms with Crippen LogP contribution in [0.1, 0.15) is 19.4 Å². The lowest BCUT2D eigenvalue weighted by Crippen LogP contribution is -2.49. The molecule has 0 aliphatic carbocycles. The van der Waals surface area contributed by atoms with Gasteiger partial charge in [-0.25, -0.2) is 8.42 Å². The lowest BCUT2D eigenvalue weighted by atomic mass is 10.0. The average molecular weight is 310 g/mol. The van der Waals surface area contributed by atoms with E-state index in [2.05, 4.69) is 0 Å². The number of sulfone groups is 1. The summed E-state index contributed by atoms with van der Waals surface area (Å²) in [6.07, 6.45) is 0. The zero-order chi connectivity index (χ0) is 16.3. The minimum Gasteiger partial charge on any atom is -0.480 e. The number of hydrogen-bond donors (Lipinski definition) is 1. The van der Waals surface area contributed by atoms with E-state index in [0.29, 0.717) is 0 Å². The average Bonchev–Trinajstić information content (AvgIpc) is 2.44. The van der Waals surface area contributed by atoms with Crippen LogP contribution in [0.3, 0.4) is 0 Å². The lowest BCUT2D eigenvalue weighted by molar-refractivity contribution is -0.148. The molecule has 0 heterocycles. The van der Waals surface area contributed by atoms with Crippen molar-refractivity contribution in [3.05, 3.63) is 29.8 Å². The first-order chi connectivity index (χ1) is 9.61. The molecule has 21 heavy (non-hydrogen) atoms. The van der Waals surface area contributed by atoms with Gasteiger partial charge in [-0.15, -0.1) is 0 Å². The van der Waals surface area contributed by atoms with Crippen molar-refractivity contribution >= 4 is 15.8 Å². The molecular formula is C14H18N2O4S. The molecule has 0 aliphatic rings. The Morgan fingerprint density at radius 2 is 2.05 bits per heavy atom. The van der Waals surface area contributed by atoms with E-state index in [1.807, 2.05) is 6.07 Å². The first kappa shape index (κ1) is 17.1. The zero-order valence-electron chi connectivity index (χ0n) is 12.2. The Morgan fingerprint density at radius 1 is 1.43 bits per heavy atom. The van der Waals surface area contributed by atoms with Crippen LogP contribution in [0.15, 0.2) is 29.2 Å². The number of rotatable bonds is 6. The van der Waals surface area contributed by atoms with Gasteiger partial charge in [-0.05, 0) is 39.1 Å². The predicted octanol–water partition coefficient (Wildman–Crippen LogP) is 1.13. The number of benzene rings is 1. The summed E-state index contributed by atoms with van der Waals surface area (Å²) in [4.78, 5) is 12.7. The molecule has 0 amide bonds. The van der Waals surface area contributed by atoms with Crippen LogP contribution >= 0.6 is 0 Å². The van der Waals surface area contributed by atoms with Gasteiger partial charge in [0.05, 0.1) is 22.3 Å². The van der Waals surface area contributed by atoms with Gasteiger partial charge in [-0.3, -0.25) is 9.69 Å². The predicted molar refractivity (Wildman–Crippen MR) is 77.6 cm³/mol. The molecule has 1 rings (SSSR count). The van der Waals surface area contributed by atoms with Gasteiger partial charge in [-0.2, -0.15) is 5.26 Å². The number of aliphatic carboxylic acids is 1. The van der Waals surface area contributed by atoms with Crippen molar-refractivity contribution in [3.63, 3.8) is 0 Å². The Morgan fingerprint density at radius 3 is 2.57 bits per heavy atom. The zero-order valence-corrected chi connectivity index (χ0v) is 13.0. The third-order valence-corrected chi connectivity index (χ3v) is 5.19. The van der Waals surface area contributed by atoms with Crippen LogP contribution in [0.5, 0.6) is 0 Å². The van der Waals surface area contributed by atoms with E-state index in [0.717, 1.165) is 0 Å². The third kappa shape index (κ3) is 4.03. The highest BCUT2D eigenvalue weighted by atomic mass is 32.2. The fraction of sp³-hybridized carbons (Fsp3) is 0.429. The van der Waals surface area contributed by atoms with Crippen molar-refractivity contribution in [2.45, 2.75) is 24.3 Å². The SMILES string of the molecule is CN(CCS(=O)(=O)c1cccc(C#N)c1)C(C)(C)C(=O)O. The largest absolute Gasteiger partial charge is 0.480 e. The van der Waals surface area contributed by atoms with Crippen molar-refractivity contribution in [2.75, 3.05) is 19.3 Å². The maximum Gasteiger partial charge on any atom is 0.323 e. The van der Waals surface area contributed by atoms with Gasteiger partial charge in [0, 0.05) is 6.54 Å². The first-order valence-corrected chi connectivity index (χ1v) is 7.94. The molecule has 1 aromatic carbocycles. The molecule has 114 valence electrons. The number of nitriles is 1. The summed E-state index contributed by atoms with van der Waals surface area (Å²) in [5.74, 6) is -1.23. The van der Waals surface area contributed by atoms with Gasteiger partial charge in [0.2, 0.25) is 0 Å². The molecule has 1 aromatic rings. The van der Waals surface area contributed by atoms with Gasteiger partial charge in [0.15, 0.2) is 9.84 Å². The molecule has 0 radical (unpaired) electrons. The normalized spacial score (nSPS) is 12.1. The van der Waals surface area contributed by atoms with E-state index in [1.54, 1.807) is 7.05 Å². The second kappa shape index (κ2) is 6.24. The van der Waals surface area contributed by atoms with E-state index in [9.17, 15) is 13.2 Å². The summed E-state index contributed by atoms with van der Waals surface area (Å²) in [5, 5.41) is 17.9. The second-order valence-electron chi connectivity index (χ2n) is 5.24. The molecule has 0 saturated heterocycles. The Bertz CT molecular complexity index is 674. The molecule has 0 atom stereocenters. The standard InChI is InChI=1S/C14H18N2O4S/c1-14(2,13(17)18)16(3)7-8-21(19,20)12-6-4-5-11(9-12)10-15/h4-6,9H,7-8H2,1-3H3,(H,17,18). The number of carboxylic acids is 1. The second-order valence-corrected chi connectivity index (χ2v) is 7.35. The van der Waals surface area contributed by atoms with Gasteiger partial charge < -0.3 is 5.11 Å². The van der Waals surface area contributed by atoms with Crippen molar-refractivity contribution < 1.29 is 18.3 Å². The monoisotopic (exact) mass is 310 g/mol. The Hall–Kier alpha value is -1.91. The molecule has 0 saturated carbocycles. The van der Waals surface area contributed by atoms with E-state index in [1.165, 1.54) is 43.0 Å². The molecule has 7 heteroatoms. The smallest absolute Gasteiger partial charge is 0.323 e. The van der Waals surface area contributed by atoms with Gasteiger partial charge in [0.1, 0.15) is 5.54 Å². The van der Waals surface area contributed by atoms with Crippen LogP contribution in [-0.2, 0) is 14.6 Å². The highest BCUT2D eigenvalue weighted by Gasteiger charge is 2.32. The summed E-state index contributed by atoms with van der Waals surface area (Å²) in [6.45, 7) is 3.11. The number of nitrogens with zero attached hydrogens (tertiary/aromatic N) is 2.